The maximum atomic E-state index is 12.7. The predicted molar refractivity (Wildman–Crippen MR) is 135 cm³/mol. The number of amides is 1. The number of anilines is 2. The van der Waals surface area contributed by atoms with Crippen molar-refractivity contribution in [2.45, 2.75) is 83.2 Å². The molecule has 4 N–H and O–H groups in total. The number of methoxy groups -OCH3 is 1. The Labute approximate surface area is 206 Å². The molecule has 0 aliphatic carbocycles. The summed E-state index contributed by atoms with van der Waals surface area (Å²) in [6, 6.07) is 4.95. The van der Waals surface area contributed by atoms with Gasteiger partial charge in [-0.3, -0.25) is 10.4 Å². The van der Waals surface area contributed by atoms with Crippen LogP contribution >= 0.6 is 0 Å². The second kappa shape index (κ2) is 10.0. The molecule has 2 aromatic rings. The van der Waals surface area contributed by atoms with E-state index in [1.165, 1.54) is 0 Å². The van der Waals surface area contributed by atoms with Crippen LogP contribution in [0.25, 0.3) is 10.9 Å². The average Bonchev–Trinajstić information content (AvgIpc) is 3.36. The lowest BCUT2D eigenvalue weighted by molar-refractivity contribution is 0.0603. The van der Waals surface area contributed by atoms with E-state index < -0.39 is 0 Å². The van der Waals surface area contributed by atoms with Crippen LogP contribution in [0.5, 0.6) is 5.75 Å². The molecule has 5 atom stereocenters. The average molecular weight is 484 g/mol. The van der Waals surface area contributed by atoms with Gasteiger partial charge in [-0.15, -0.1) is 0 Å². The second-order valence-electron chi connectivity index (χ2n) is 10.5. The van der Waals surface area contributed by atoms with E-state index in [0.717, 1.165) is 54.6 Å². The van der Waals surface area contributed by atoms with Gasteiger partial charge in [0.05, 0.1) is 31.6 Å². The lowest BCUT2D eigenvalue weighted by Gasteiger charge is -2.38. The van der Waals surface area contributed by atoms with Crippen LogP contribution in [0, 0.1) is 5.92 Å². The Balaban J connectivity index is 1.35. The standard InChI is InChI=1S/C25H37N7O3/c1-14(2)13-35-25(33)32-17-5-6-18(32)9-16(8-17)27-24-20-10-19(34-4)12-26-21(20)11-22(29-24)28-23-7-15(3)30-31-23/h10-12,14-18,23,30-31H,5-9,13H2,1-4H3,(H2,27,28,29)/t15?,16?,17-,18+,23?. The molecule has 3 fully saturated rings. The first-order chi connectivity index (χ1) is 16.9. The highest BCUT2D eigenvalue weighted by Crippen LogP contribution is 2.38. The van der Waals surface area contributed by atoms with Crippen LogP contribution in [0.15, 0.2) is 18.3 Å². The van der Waals surface area contributed by atoms with E-state index in [-0.39, 0.29) is 30.4 Å². The first-order valence-electron chi connectivity index (χ1n) is 12.7. The van der Waals surface area contributed by atoms with Gasteiger partial charge in [-0.05, 0) is 51.0 Å². The number of hydrogen-bond donors (Lipinski definition) is 4. The van der Waals surface area contributed by atoms with E-state index >= 15 is 0 Å². The van der Waals surface area contributed by atoms with Crippen LogP contribution < -0.4 is 26.2 Å². The zero-order valence-corrected chi connectivity index (χ0v) is 21.0. The molecule has 3 aliphatic rings. The van der Waals surface area contributed by atoms with E-state index in [9.17, 15) is 4.79 Å². The molecule has 1 amide bonds. The number of fused-ring (bicyclic) bond motifs is 3. The number of carbonyl (C=O) groups excluding carboxylic acids is 1. The molecule has 0 saturated carbocycles. The van der Waals surface area contributed by atoms with Crippen LogP contribution in [0.3, 0.4) is 0 Å². The molecule has 190 valence electrons. The largest absolute Gasteiger partial charge is 0.495 e. The van der Waals surface area contributed by atoms with Gasteiger partial charge >= 0.3 is 6.09 Å². The van der Waals surface area contributed by atoms with Gasteiger partial charge in [-0.1, -0.05) is 13.8 Å². The Morgan fingerprint density at radius 3 is 2.60 bits per heavy atom. The number of hydrazine groups is 1. The van der Waals surface area contributed by atoms with Gasteiger partial charge in [0.15, 0.2) is 0 Å². The topological polar surface area (TPSA) is 113 Å². The van der Waals surface area contributed by atoms with E-state index in [2.05, 4.69) is 47.2 Å². The van der Waals surface area contributed by atoms with Gasteiger partial charge in [-0.2, -0.15) is 0 Å². The summed E-state index contributed by atoms with van der Waals surface area (Å²) in [5.74, 6) is 2.58. The summed E-state index contributed by atoms with van der Waals surface area (Å²) in [4.78, 5) is 24.3. The van der Waals surface area contributed by atoms with E-state index in [0.29, 0.717) is 24.3 Å². The van der Waals surface area contributed by atoms with Crippen LogP contribution in [0.4, 0.5) is 16.4 Å². The summed E-state index contributed by atoms with van der Waals surface area (Å²) in [7, 11) is 1.64. The Hall–Kier alpha value is -2.85. The summed E-state index contributed by atoms with van der Waals surface area (Å²) in [6.45, 7) is 6.72. The first kappa shape index (κ1) is 23.9. The number of nitrogens with zero attached hydrogens (tertiary/aromatic N) is 3. The minimum Gasteiger partial charge on any atom is -0.495 e. The van der Waals surface area contributed by atoms with Crippen LogP contribution in [0.1, 0.15) is 52.9 Å². The molecule has 0 radical (unpaired) electrons. The molecule has 5 heterocycles. The van der Waals surface area contributed by atoms with Crippen LogP contribution in [-0.4, -0.2) is 65.0 Å². The minimum atomic E-state index is -0.166. The number of piperidine rings is 1. The van der Waals surface area contributed by atoms with E-state index in [1.54, 1.807) is 13.3 Å². The molecule has 0 spiro atoms. The minimum absolute atomic E-state index is 0.0944. The number of carbonyl (C=O) groups is 1. The van der Waals surface area contributed by atoms with Crippen molar-refractivity contribution in [3.8, 4) is 5.75 Å². The SMILES string of the molecule is COc1cnc2cc(NC3CC(C)NN3)nc(NC3C[C@H]4CC[C@@H](C3)N4C(=O)OCC(C)C)c2c1. The predicted octanol–water partition coefficient (Wildman–Crippen LogP) is 3.46. The van der Waals surface area contributed by atoms with Crippen molar-refractivity contribution in [3.05, 3.63) is 18.3 Å². The smallest absolute Gasteiger partial charge is 0.410 e. The Morgan fingerprint density at radius 2 is 1.94 bits per heavy atom. The fraction of sp³-hybridized carbons (Fsp3) is 0.640. The quantitative estimate of drug-likeness (QED) is 0.470. The van der Waals surface area contributed by atoms with Crippen molar-refractivity contribution < 1.29 is 14.3 Å². The van der Waals surface area contributed by atoms with Gasteiger partial charge in [0.25, 0.3) is 0 Å². The van der Waals surface area contributed by atoms with E-state index in [1.807, 2.05) is 17.0 Å². The van der Waals surface area contributed by atoms with Crippen molar-refractivity contribution >= 4 is 28.6 Å². The van der Waals surface area contributed by atoms with Crippen molar-refractivity contribution in [1.29, 1.82) is 0 Å². The van der Waals surface area contributed by atoms with Gasteiger partial charge in [0, 0.05) is 35.6 Å². The molecule has 10 heteroatoms. The molecule has 0 aromatic carbocycles. The molecule has 10 nitrogen and oxygen atoms in total. The fourth-order valence-corrected chi connectivity index (χ4v) is 5.49. The van der Waals surface area contributed by atoms with Gasteiger partial charge < -0.3 is 25.0 Å². The number of nitrogens with one attached hydrogen (secondary N) is 4. The molecular formula is C25H37N7O3. The van der Waals surface area contributed by atoms with Gasteiger partial charge in [0.2, 0.25) is 0 Å². The first-order valence-corrected chi connectivity index (χ1v) is 12.7. The van der Waals surface area contributed by atoms with Crippen LogP contribution in [-0.2, 0) is 4.74 Å². The summed E-state index contributed by atoms with van der Waals surface area (Å²) >= 11 is 0. The normalized spacial score (nSPS) is 27.9. The Bertz CT molecular complexity index is 1050. The summed E-state index contributed by atoms with van der Waals surface area (Å²) in [6.07, 6.45) is 6.39. The molecule has 35 heavy (non-hydrogen) atoms. The molecule has 3 aliphatic heterocycles. The monoisotopic (exact) mass is 483 g/mol. The zero-order chi connectivity index (χ0) is 24.5. The zero-order valence-electron chi connectivity index (χ0n) is 21.0. The van der Waals surface area contributed by atoms with Gasteiger partial charge in [-0.25, -0.2) is 15.2 Å². The summed E-state index contributed by atoms with van der Waals surface area (Å²) < 4.78 is 11.0. The van der Waals surface area contributed by atoms with Crippen molar-refractivity contribution in [3.63, 3.8) is 0 Å². The third-order valence-electron chi connectivity index (χ3n) is 7.13. The summed E-state index contributed by atoms with van der Waals surface area (Å²) in [5, 5.41) is 8.10. The highest BCUT2D eigenvalue weighted by Gasteiger charge is 2.44. The molecule has 2 aromatic heterocycles. The molecule has 3 unspecified atom stereocenters. The molecular weight excluding hydrogens is 446 g/mol. The number of hydrogen-bond acceptors (Lipinski definition) is 9. The number of rotatable bonds is 7. The lowest BCUT2D eigenvalue weighted by Crippen LogP contribution is -2.50. The third-order valence-corrected chi connectivity index (χ3v) is 7.13. The van der Waals surface area contributed by atoms with E-state index in [4.69, 9.17) is 14.5 Å². The van der Waals surface area contributed by atoms with Crippen LogP contribution in [0.2, 0.25) is 0 Å². The van der Waals surface area contributed by atoms with Crippen molar-refractivity contribution in [2.75, 3.05) is 24.4 Å². The van der Waals surface area contributed by atoms with Crippen molar-refractivity contribution in [2.24, 2.45) is 5.92 Å². The molecule has 5 rings (SSSR count). The summed E-state index contributed by atoms with van der Waals surface area (Å²) in [5.41, 5.74) is 7.35. The maximum Gasteiger partial charge on any atom is 0.410 e. The van der Waals surface area contributed by atoms with Gasteiger partial charge in [0.1, 0.15) is 17.4 Å². The molecule has 3 saturated heterocycles. The highest BCUT2D eigenvalue weighted by atomic mass is 16.6. The number of pyridine rings is 2. The maximum absolute atomic E-state index is 12.7. The third kappa shape index (κ3) is 5.23. The second-order valence-corrected chi connectivity index (χ2v) is 10.5. The molecule has 2 bridgehead atoms. The fourth-order valence-electron chi connectivity index (χ4n) is 5.49. The number of ether oxygens (including phenoxy) is 2. The van der Waals surface area contributed by atoms with Crippen molar-refractivity contribution in [1.82, 2.24) is 25.7 Å². The Kier molecular flexibility index (Phi) is 6.84. The lowest BCUT2D eigenvalue weighted by atomic mass is 9.97. The highest BCUT2D eigenvalue weighted by molar-refractivity contribution is 5.92. The Morgan fingerprint density at radius 1 is 1.17 bits per heavy atom. The number of aromatic nitrogens is 2.